The smallest absolute Gasteiger partial charge is 0.264 e. The molecule has 1 N–H and O–H groups in total. The summed E-state index contributed by atoms with van der Waals surface area (Å²) < 4.78 is 36.6. The van der Waals surface area contributed by atoms with E-state index in [1.807, 2.05) is 0 Å². The largest absolute Gasteiger partial charge is 0.458 e. The molecule has 7 heteroatoms. The molecule has 0 fully saturated rings. The Bertz CT molecular complexity index is 578. The Morgan fingerprint density at radius 2 is 1.95 bits per heavy atom. The Morgan fingerprint density at radius 1 is 1.26 bits per heavy atom. The van der Waals surface area contributed by atoms with Crippen LogP contribution < -0.4 is 9.47 Å². The standard InChI is InChI=1S/C12H14O6S/c1-19(14,15)18-5-4-10(13)9-2-3-11-12(8-9)17-7-6-16-11/h2-3,6-8,10,13H,4-5H2,1H3/t10-/m0/s1. The van der Waals surface area contributed by atoms with Crippen molar-refractivity contribution in [2.45, 2.75) is 12.5 Å². The summed E-state index contributed by atoms with van der Waals surface area (Å²) in [7, 11) is -3.48. The molecular weight excluding hydrogens is 272 g/mol. The lowest BCUT2D eigenvalue weighted by molar-refractivity contribution is 0.142. The lowest BCUT2D eigenvalue weighted by Crippen LogP contribution is -2.08. The van der Waals surface area contributed by atoms with Crippen molar-refractivity contribution in [3.05, 3.63) is 36.3 Å². The van der Waals surface area contributed by atoms with E-state index in [0.29, 0.717) is 17.1 Å². The van der Waals surface area contributed by atoms with Crippen LogP contribution in [0.4, 0.5) is 0 Å². The van der Waals surface area contributed by atoms with Crippen molar-refractivity contribution in [1.29, 1.82) is 0 Å². The lowest BCUT2D eigenvalue weighted by atomic mass is 10.1. The number of fused-ring (bicyclic) bond motifs is 1. The van der Waals surface area contributed by atoms with Crippen molar-refractivity contribution in [3.63, 3.8) is 0 Å². The molecule has 0 saturated carbocycles. The Hall–Kier alpha value is -1.57. The normalized spacial score (nSPS) is 15.3. The minimum absolute atomic E-state index is 0.0751. The van der Waals surface area contributed by atoms with Gasteiger partial charge >= 0.3 is 0 Å². The first-order valence-electron chi connectivity index (χ1n) is 5.60. The summed E-state index contributed by atoms with van der Waals surface area (Å²) in [5, 5.41) is 9.93. The van der Waals surface area contributed by atoms with Crippen LogP contribution in [0.2, 0.25) is 0 Å². The predicted molar refractivity (Wildman–Crippen MR) is 67.2 cm³/mol. The molecule has 6 nitrogen and oxygen atoms in total. The van der Waals surface area contributed by atoms with Gasteiger partial charge < -0.3 is 14.6 Å². The zero-order chi connectivity index (χ0) is 13.9. The van der Waals surface area contributed by atoms with Crippen LogP contribution in [-0.2, 0) is 14.3 Å². The summed E-state index contributed by atoms with van der Waals surface area (Å²) in [6.07, 6.45) is 3.11. The Morgan fingerprint density at radius 3 is 2.63 bits per heavy atom. The summed E-state index contributed by atoms with van der Waals surface area (Å²) in [6.45, 7) is -0.0751. The monoisotopic (exact) mass is 286 g/mol. The van der Waals surface area contributed by atoms with Crippen LogP contribution in [0.15, 0.2) is 30.7 Å². The van der Waals surface area contributed by atoms with Crippen molar-refractivity contribution in [2.24, 2.45) is 0 Å². The van der Waals surface area contributed by atoms with Gasteiger partial charge in [0.15, 0.2) is 11.5 Å². The molecule has 0 aromatic heterocycles. The molecule has 0 amide bonds. The van der Waals surface area contributed by atoms with Crippen LogP contribution in [0.3, 0.4) is 0 Å². The molecule has 0 spiro atoms. The summed E-state index contributed by atoms with van der Waals surface area (Å²) >= 11 is 0. The van der Waals surface area contributed by atoms with Gasteiger partial charge in [0.05, 0.1) is 19.0 Å². The first-order chi connectivity index (χ1) is 8.96. The van der Waals surface area contributed by atoms with E-state index >= 15 is 0 Å². The van der Waals surface area contributed by atoms with Crippen LogP contribution in [0.5, 0.6) is 11.5 Å². The van der Waals surface area contributed by atoms with Gasteiger partial charge in [0, 0.05) is 6.42 Å². The van der Waals surface area contributed by atoms with E-state index in [1.54, 1.807) is 18.2 Å². The maximum Gasteiger partial charge on any atom is 0.264 e. The second-order valence-electron chi connectivity index (χ2n) is 4.04. The minimum atomic E-state index is -3.48. The third-order valence-electron chi connectivity index (χ3n) is 2.49. The first-order valence-corrected chi connectivity index (χ1v) is 7.42. The molecule has 2 rings (SSSR count). The average Bonchev–Trinajstić information content (AvgIpc) is 2.36. The summed E-state index contributed by atoms with van der Waals surface area (Å²) in [4.78, 5) is 0. The number of hydrogen-bond donors (Lipinski definition) is 1. The molecular formula is C12H14O6S. The lowest BCUT2D eigenvalue weighted by Gasteiger charge is -2.16. The summed E-state index contributed by atoms with van der Waals surface area (Å²) in [5.41, 5.74) is 0.606. The van der Waals surface area contributed by atoms with Crippen LogP contribution >= 0.6 is 0 Å². The van der Waals surface area contributed by atoms with Gasteiger partial charge in [0.25, 0.3) is 10.1 Å². The van der Waals surface area contributed by atoms with Gasteiger partial charge in [-0.1, -0.05) is 6.07 Å². The highest BCUT2D eigenvalue weighted by molar-refractivity contribution is 7.85. The Labute approximate surface area is 111 Å². The number of ether oxygens (including phenoxy) is 2. The fourth-order valence-corrected chi connectivity index (χ4v) is 2.00. The second-order valence-corrected chi connectivity index (χ2v) is 5.69. The van der Waals surface area contributed by atoms with E-state index in [-0.39, 0.29) is 13.0 Å². The van der Waals surface area contributed by atoms with Crippen LogP contribution in [0, 0.1) is 0 Å². The molecule has 1 heterocycles. The van der Waals surface area contributed by atoms with Gasteiger partial charge in [-0.3, -0.25) is 4.18 Å². The van der Waals surface area contributed by atoms with E-state index in [1.165, 1.54) is 12.5 Å². The van der Waals surface area contributed by atoms with Crippen LogP contribution in [0.1, 0.15) is 18.1 Å². The SMILES string of the molecule is CS(=O)(=O)OCC[C@H](O)c1ccc2c(c1)OC=CO2. The zero-order valence-electron chi connectivity index (χ0n) is 10.3. The molecule has 1 aliphatic rings. The van der Waals surface area contributed by atoms with Gasteiger partial charge in [0.2, 0.25) is 0 Å². The Balaban J connectivity index is 1.98. The second kappa shape index (κ2) is 5.60. The fourth-order valence-electron chi connectivity index (χ4n) is 1.60. The van der Waals surface area contributed by atoms with E-state index in [9.17, 15) is 13.5 Å². The molecule has 0 radical (unpaired) electrons. The molecule has 0 aliphatic carbocycles. The van der Waals surface area contributed by atoms with Crippen molar-refractivity contribution in [1.82, 2.24) is 0 Å². The van der Waals surface area contributed by atoms with E-state index in [0.717, 1.165) is 6.26 Å². The van der Waals surface area contributed by atoms with E-state index < -0.39 is 16.2 Å². The third-order valence-corrected chi connectivity index (χ3v) is 3.08. The number of benzene rings is 1. The first kappa shape index (κ1) is 13.9. The van der Waals surface area contributed by atoms with Gasteiger partial charge in [-0.2, -0.15) is 8.42 Å². The molecule has 19 heavy (non-hydrogen) atoms. The maximum atomic E-state index is 10.8. The molecule has 1 aliphatic heterocycles. The number of aliphatic hydroxyl groups is 1. The maximum absolute atomic E-state index is 10.8. The molecule has 0 bridgehead atoms. The highest BCUT2D eigenvalue weighted by Gasteiger charge is 2.14. The number of hydrogen-bond acceptors (Lipinski definition) is 6. The fraction of sp³-hybridized carbons (Fsp3) is 0.333. The van der Waals surface area contributed by atoms with Gasteiger partial charge in [-0.25, -0.2) is 0 Å². The molecule has 104 valence electrons. The van der Waals surface area contributed by atoms with Gasteiger partial charge in [-0.05, 0) is 17.7 Å². The van der Waals surface area contributed by atoms with Crippen LogP contribution in [0.25, 0.3) is 0 Å². The van der Waals surface area contributed by atoms with E-state index in [4.69, 9.17) is 9.47 Å². The molecule has 0 saturated heterocycles. The van der Waals surface area contributed by atoms with Crippen molar-refractivity contribution >= 4 is 10.1 Å². The predicted octanol–water partition coefficient (Wildman–Crippen LogP) is 1.33. The third kappa shape index (κ3) is 3.95. The summed E-state index contributed by atoms with van der Waals surface area (Å²) in [6, 6.07) is 5.01. The number of aliphatic hydroxyl groups excluding tert-OH is 1. The molecule has 0 unspecified atom stereocenters. The van der Waals surface area contributed by atoms with Crippen LogP contribution in [-0.4, -0.2) is 26.4 Å². The van der Waals surface area contributed by atoms with Crippen molar-refractivity contribution < 1.29 is 27.2 Å². The summed E-state index contributed by atoms with van der Waals surface area (Å²) in [5.74, 6) is 1.06. The number of rotatable bonds is 5. The quantitative estimate of drug-likeness (QED) is 0.822. The topological polar surface area (TPSA) is 82.1 Å². The van der Waals surface area contributed by atoms with E-state index in [2.05, 4.69) is 4.18 Å². The highest BCUT2D eigenvalue weighted by atomic mass is 32.2. The zero-order valence-corrected chi connectivity index (χ0v) is 11.1. The minimum Gasteiger partial charge on any atom is -0.458 e. The van der Waals surface area contributed by atoms with Gasteiger partial charge in [0.1, 0.15) is 12.5 Å². The average molecular weight is 286 g/mol. The van der Waals surface area contributed by atoms with Crippen molar-refractivity contribution in [3.8, 4) is 11.5 Å². The molecule has 1 atom stereocenters. The highest BCUT2D eigenvalue weighted by Crippen LogP contribution is 2.33. The Kier molecular flexibility index (Phi) is 4.08. The molecule has 1 aromatic rings. The van der Waals surface area contributed by atoms with Gasteiger partial charge in [-0.15, -0.1) is 0 Å². The molecule has 1 aromatic carbocycles. The van der Waals surface area contributed by atoms with Crippen molar-refractivity contribution in [2.75, 3.05) is 12.9 Å².